The lowest BCUT2D eigenvalue weighted by Gasteiger charge is -2.14. The highest BCUT2D eigenvalue weighted by Gasteiger charge is 2.10. The maximum absolute atomic E-state index is 10.8. The predicted molar refractivity (Wildman–Crippen MR) is 105 cm³/mol. The number of aromatic nitrogens is 3. The number of hydrogen-bond donors (Lipinski definition) is 2. The van der Waals surface area contributed by atoms with Crippen molar-refractivity contribution in [1.29, 1.82) is 0 Å². The quantitative estimate of drug-likeness (QED) is 0.473. The number of non-ortho nitro benzene ring substituents is 1. The van der Waals surface area contributed by atoms with E-state index in [0.29, 0.717) is 17.5 Å². The van der Waals surface area contributed by atoms with Crippen LogP contribution in [0.4, 0.5) is 23.1 Å². The van der Waals surface area contributed by atoms with E-state index in [1.165, 1.54) is 12.1 Å². The Kier molecular flexibility index (Phi) is 5.55. The molecule has 0 aliphatic rings. The van der Waals surface area contributed by atoms with E-state index < -0.39 is 4.92 Å². The molecule has 8 nitrogen and oxygen atoms in total. The van der Waals surface area contributed by atoms with Crippen molar-refractivity contribution < 1.29 is 4.92 Å². The molecule has 27 heavy (non-hydrogen) atoms. The molecule has 0 saturated heterocycles. The first-order valence-corrected chi connectivity index (χ1v) is 8.62. The van der Waals surface area contributed by atoms with Gasteiger partial charge in [-0.15, -0.1) is 0 Å². The molecule has 138 valence electrons. The molecule has 0 aliphatic carbocycles. The van der Waals surface area contributed by atoms with Gasteiger partial charge in [-0.25, -0.2) is 4.98 Å². The molecule has 0 bridgehead atoms. The number of nitro groups is 1. The molecule has 0 amide bonds. The fourth-order valence-corrected chi connectivity index (χ4v) is 2.37. The zero-order valence-corrected chi connectivity index (χ0v) is 15.1. The highest BCUT2D eigenvalue weighted by Crippen LogP contribution is 2.24. The van der Waals surface area contributed by atoms with Crippen LogP contribution in [0.1, 0.15) is 20.3 Å². The van der Waals surface area contributed by atoms with Crippen LogP contribution in [0.3, 0.4) is 0 Å². The molecular formula is C19H20N6O2. The second-order valence-corrected chi connectivity index (χ2v) is 6.09. The van der Waals surface area contributed by atoms with Crippen molar-refractivity contribution in [2.75, 3.05) is 10.6 Å². The molecular weight excluding hydrogens is 344 g/mol. The van der Waals surface area contributed by atoms with Gasteiger partial charge in [0, 0.05) is 47.9 Å². The van der Waals surface area contributed by atoms with Crippen LogP contribution in [-0.2, 0) is 0 Å². The molecule has 1 aromatic carbocycles. The third-order valence-electron chi connectivity index (χ3n) is 4.02. The van der Waals surface area contributed by atoms with E-state index in [0.717, 1.165) is 17.7 Å². The van der Waals surface area contributed by atoms with Crippen molar-refractivity contribution in [1.82, 2.24) is 15.0 Å². The molecule has 0 saturated carbocycles. The summed E-state index contributed by atoms with van der Waals surface area (Å²) in [6, 6.07) is 12.0. The molecule has 8 heteroatoms. The topological polar surface area (TPSA) is 106 Å². The van der Waals surface area contributed by atoms with Gasteiger partial charge in [0.1, 0.15) is 5.82 Å². The van der Waals surface area contributed by atoms with Gasteiger partial charge in [-0.05, 0) is 37.6 Å². The fraction of sp³-hybridized carbons (Fsp3) is 0.211. The zero-order valence-electron chi connectivity index (χ0n) is 15.1. The summed E-state index contributed by atoms with van der Waals surface area (Å²) < 4.78 is 0. The van der Waals surface area contributed by atoms with Crippen LogP contribution in [0.5, 0.6) is 0 Å². The first kappa shape index (κ1) is 18.2. The van der Waals surface area contributed by atoms with Crippen LogP contribution in [0, 0.1) is 10.1 Å². The smallest absolute Gasteiger partial charge is 0.269 e. The number of nitro benzene ring substituents is 1. The van der Waals surface area contributed by atoms with Gasteiger partial charge < -0.3 is 10.6 Å². The molecule has 2 N–H and O–H groups in total. The summed E-state index contributed by atoms with van der Waals surface area (Å²) in [4.78, 5) is 23.6. The minimum Gasteiger partial charge on any atom is -0.352 e. The molecule has 2 heterocycles. The summed E-state index contributed by atoms with van der Waals surface area (Å²) >= 11 is 0. The number of anilines is 3. The lowest BCUT2D eigenvalue weighted by molar-refractivity contribution is -0.384. The van der Waals surface area contributed by atoms with Crippen molar-refractivity contribution >= 4 is 23.1 Å². The van der Waals surface area contributed by atoms with E-state index in [-0.39, 0.29) is 11.7 Å². The molecule has 3 rings (SSSR count). The average molecular weight is 364 g/mol. The molecule has 0 aliphatic heterocycles. The Morgan fingerprint density at radius 1 is 1.19 bits per heavy atom. The van der Waals surface area contributed by atoms with E-state index in [9.17, 15) is 10.1 Å². The Hall–Kier alpha value is -3.55. The maximum Gasteiger partial charge on any atom is 0.269 e. The third-order valence-corrected chi connectivity index (χ3v) is 4.02. The van der Waals surface area contributed by atoms with Crippen LogP contribution in [0.2, 0.25) is 0 Å². The van der Waals surface area contributed by atoms with E-state index in [2.05, 4.69) is 39.4 Å². The van der Waals surface area contributed by atoms with E-state index >= 15 is 0 Å². The lowest BCUT2D eigenvalue weighted by Crippen LogP contribution is -2.16. The second-order valence-electron chi connectivity index (χ2n) is 6.09. The molecule has 0 spiro atoms. The number of pyridine rings is 1. The number of benzene rings is 1. The van der Waals surface area contributed by atoms with Crippen LogP contribution in [0.25, 0.3) is 11.3 Å². The van der Waals surface area contributed by atoms with E-state index in [4.69, 9.17) is 0 Å². The summed E-state index contributed by atoms with van der Waals surface area (Å²) in [5, 5.41) is 17.3. The Morgan fingerprint density at radius 2 is 1.96 bits per heavy atom. The van der Waals surface area contributed by atoms with Crippen LogP contribution in [-0.4, -0.2) is 25.9 Å². The normalized spacial score (nSPS) is 11.6. The van der Waals surface area contributed by atoms with Gasteiger partial charge in [0.05, 0.1) is 10.6 Å². The van der Waals surface area contributed by atoms with Gasteiger partial charge >= 0.3 is 0 Å². The largest absolute Gasteiger partial charge is 0.352 e. The minimum absolute atomic E-state index is 0.0402. The third kappa shape index (κ3) is 4.75. The van der Waals surface area contributed by atoms with Crippen molar-refractivity contribution in [2.24, 2.45) is 0 Å². The van der Waals surface area contributed by atoms with Crippen molar-refractivity contribution in [2.45, 2.75) is 26.3 Å². The van der Waals surface area contributed by atoms with Gasteiger partial charge in [-0.1, -0.05) is 6.92 Å². The number of nitrogens with one attached hydrogen (secondary N) is 2. The first-order valence-electron chi connectivity index (χ1n) is 8.62. The first-order chi connectivity index (χ1) is 13.0. The zero-order chi connectivity index (χ0) is 19.2. The van der Waals surface area contributed by atoms with Gasteiger partial charge in [-0.2, -0.15) is 4.98 Å². The highest BCUT2D eigenvalue weighted by atomic mass is 16.6. The Bertz CT molecular complexity index is 915. The molecule has 1 atom stereocenters. The molecule has 0 unspecified atom stereocenters. The van der Waals surface area contributed by atoms with E-state index in [1.807, 2.05) is 18.2 Å². The number of rotatable bonds is 7. The Morgan fingerprint density at radius 3 is 2.59 bits per heavy atom. The summed E-state index contributed by atoms with van der Waals surface area (Å²) in [6.07, 6.45) is 4.38. The molecule has 3 aromatic rings. The summed E-state index contributed by atoms with van der Waals surface area (Å²) in [6.45, 7) is 4.14. The Labute approximate surface area is 156 Å². The van der Waals surface area contributed by atoms with Crippen LogP contribution >= 0.6 is 0 Å². The second kappa shape index (κ2) is 8.22. The van der Waals surface area contributed by atoms with Gasteiger partial charge in [0.2, 0.25) is 5.95 Å². The average Bonchev–Trinajstić information content (AvgIpc) is 2.69. The standard InChI is InChI=1S/C19H20N6O2/c1-3-13(2)21-19-23-17(14-5-4-10-20-12-14)11-18(24-19)22-15-6-8-16(9-7-15)25(26)27/h4-13H,3H2,1-2H3,(H2,21,22,23,24)/t13-/m1/s1. The van der Waals surface area contributed by atoms with Gasteiger partial charge in [0.15, 0.2) is 0 Å². The van der Waals surface area contributed by atoms with Crippen LogP contribution in [0.15, 0.2) is 54.9 Å². The van der Waals surface area contributed by atoms with Crippen molar-refractivity contribution in [3.05, 3.63) is 65.0 Å². The van der Waals surface area contributed by atoms with Gasteiger partial charge in [-0.3, -0.25) is 15.1 Å². The van der Waals surface area contributed by atoms with Crippen molar-refractivity contribution in [3.63, 3.8) is 0 Å². The fourth-order valence-electron chi connectivity index (χ4n) is 2.37. The summed E-state index contributed by atoms with van der Waals surface area (Å²) in [5.41, 5.74) is 2.34. The number of nitrogens with zero attached hydrogens (tertiary/aromatic N) is 4. The lowest BCUT2D eigenvalue weighted by atomic mass is 10.2. The predicted octanol–water partition coefficient (Wildman–Crippen LogP) is 4.40. The van der Waals surface area contributed by atoms with E-state index in [1.54, 1.807) is 24.5 Å². The highest BCUT2D eigenvalue weighted by molar-refractivity contribution is 5.67. The SMILES string of the molecule is CC[C@@H](C)Nc1nc(Nc2ccc([N+](=O)[O-])cc2)cc(-c2cccnc2)n1. The van der Waals surface area contributed by atoms with Crippen LogP contribution < -0.4 is 10.6 Å². The van der Waals surface area contributed by atoms with Gasteiger partial charge in [0.25, 0.3) is 5.69 Å². The van der Waals surface area contributed by atoms with Crippen molar-refractivity contribution in [3.8, 4) is 11.3 Å². The molecule has 2 aromatic heterocycles. The number of hydrogen-bond acceptors (Lipinski definition) is 7. The molecule has 0 radical (unpaired) electrons. The minimum atomic E-state index is -0.427. The maximum atomic E-state index is 10.8. The monoisotopic (exact) mass is 364 g/mol. The summed E-state index contributed by atoms with van der Waals surface area (Å²) in [5.74, 6) is 1.10. The molecule has 0 fully saturated rings. The summed E-state index contributed by atoms with van der Waals surface area (Å²) in [7, 11) is 0. The Balaban J connectivity index is 1.93.